The van der Waals surface area contributed by atoms with Gasteiger partial charge in [0, 0.05) is 25.7 Å². The van der Waals surface area contributed by atoms with Crippen LogP contribution in [0.25, 0.3) is 0 Å². The minimum Gasteiger partial charge on any atom is -0.481 e. The first kappa shape index (κ1) is 30.1. The van der Waals surface area contributed by atoms with Crippen molar-refractivity contribution in [3.8, 4) is 0 Å². The maximum atomic E-state index is 10.2. The van der Waals surface area contributed by atoms with E-state index in [0.29, 0.717) is 0 Å². The standard InChI is InChI=1S/C12H22O4.C10H18O4/c13-11(14)9-7-5-3-1-2-4-6-8-10-12(15)16;11-9(12)7-5-3-1-2-4-6-8-10(13)14/h1-10H2,(H,13,14)(H,15,16);1-8H2,(H,11,12)(H,13,14). The Morgan fingerprint density at radius 2 is 0.433 bits per heavy atom. The number of carboxylic acid groups (broad SMARTS) is 4. The molecule has 176 valence electrons. The molecule has 0 aliphatic heterocycles. The molecular formula is C22H40O8. The van der Waals surface area contributed by atoms with E-state index in [2.05, 4.69) is 0 Å². The van der Waals surface area contributed by atoms with Crippen molar-refractivity contribution in [1.29, 1.82) is 0 Å². The Hall–Kier alpha value is -2.12. The molecule has 0 atom stereocenters. The molecule has 8 heteroatoms. The number of carboxylic acids is 4. The molecule has 0 amide bonds. The Morgan fingerprint density at radius 1 is 0.300 bits per heavy atom. The lowest BCUT2D eigenvalue weighted by Gasteiger charge is -2.00. The van der Waals surface area contributed by atoms with Crippen molar-refractivity contribution in [3.05, 3.63) is 0 Å². The van der Waals surface area contributed by atoms with E-state index in [1.54, 1.807) is 0 Å². The van der Waals surface area contributed by atoms with E-state index in [0.717, 1.165) is 89.9 Å². The SMILES string of the molecule is O=C(O)CCCCCCCCC(=O)O.O=C(O)CCCCCCCCCCC(=O)O. The highest BCUT2D eigenvalue weighted by molar-refractivity contribution is 5.67. The Kier molecular flexibility index (Phi) is 23.2. The van der Waals surface area contributed by atoms with Crippen LogP contribution in [0.4, 0.5) is 0 Å². The topological polar surface area (TPSA) is 149 Å². The van der Waals surface area contributed by atoms with Crippen molar-refractivity contribution >= 4 is 23.9 Å². The predicted octanol–water partition coefficient (Wildman–Crippen LogP) is 5.33. The van der Waals surface area contributed by atoms with Crippen molar-refractivity contribution in [2.75, 3.05) is 0 Å². The molecule has 0 fully saturated rings. The van der Waals surface area contributed by atoms with Crippen LogP contribution in [0, 0.1) is 0 Å². The smallest absolute Gasteiger partial charge is 0.303 e. The molecule has 0 aromatic rings. The average molecular weight is 433 g/mol. The molecule has 0 rings (SSSR count). The van der Waals surface area contributed by atoms with Gasteiger partial charge in [0.1, 0.15) is 0 Å². The third-order valence-corrected chi connectivity index (χ3v) is 4.56. The van der Waals surface area contributed by atoms with Gasteiger partial charge in [0.25, 0.3) is 0 Å². The van der Waals surface area contributed by atoms with Gasteiger partial charge in [-0.3, -0.25) is 19.2 Å². The Morgan fingerprint density at radius 3 is 0.567 bits per heavy atom. The number of hydrogen-bond donors (Lipinski definition) is 4. The van der Waals surface area contributed by atoms with Crippen molar-refractivity contribution in [3.63, 3.8) is 0 Å². The quantitative estimate of drug-likeness (QED) is 0.188. The second-order valence-corrected chi connectivity index (χ2v) is 7.52. The van der Waals surface area contributed by atoms with Gasteiger partial charge in [-0.2, -0.15) is 0 Å². The molecule has 0 saturated carbocycles. The van der Waals surface area contributed by atoms with Crippen LogP contribution in [0.2, 0.25) is 0 Å². The molecule has 0 aliphatic rings. The van der Waals surface area contributed by atoms with E-state index in [1.807, 2.05) is 0 Å². The van der Waals surface area contributed by atoms with Gasteiger partial charge in [0.2, 0.25) is 0 Å². The molecule has 0 aromatic carbocycles. The van der Waals surface area contributed by atoms with Crippen molar-refractivity contribution in [2.45, 2.75) is 116 Å². The van der Waals surface area contributed by atoms with Crippen LogP contribution in [0.15, 0.2) is 0 Å². The zero-order chi connectivity index (χ0) is 23.0. The second kappa shape index (κ2) is 23.2. The lowest BCUT2D eigenvalue weighted by Crippen LogP contribution is -1.94. The molecule has 0 heterocycles. The highest BCUT2D eigenvalue weighted by Crippen LogP contribution is 2.10. The van der Waals surface area contributed by atoms with Crippen molar-refractivity contribution < 1.29 is 39.6 Å². The first-order valence-electron chi connectivity index (χ1n) is 11.1. The minimum absolute atomic E-state index is 0.245. The molecule has 30 heavy (non-hydrogen) atoms. The zero-order valence-electron chi connectivity index (χ0n) is 18.1. The lowest BCUT2D eigenvalue weighted by atomic mass is 10.1. The van der Waals surface area contributed by atoms with Crippen LogP contribution >= 0.6 is 0 Å². The van der Waals surface area contributed by atoms with E-state index in [-0.39, 0.29) is 25.7 Å². The molecule has 0 unspecified atom stereocenters. The molecule has 0 spiro atoms. The number of unbranched alkanes of at least 4 members (excludes halogenated alkanes) is 12. The van der Waals surface area contributed by atoms with E-state index in [4.69, 9.17) is 20.4 Å². The van der Waals surface area contributed by atoms with Gasteiger partial charge in [-0.1, -0.05) is 64.2 Å². The second-order valence-electron chi connectivity index (χ2n) is 7.52. The van der Waals surface area contributed by atoms with Crippen LogP contribution < -0.4 is 0 Å². The monoisotopic (exact) mass is 432 g/mol. The number of hydrogen-bond acceptors (Lipinski definition) is 4. The fourth-order valence-corrected chi connectivity index (χ4v) is 2.87. The minimum atomic E-state index is -0.740. The molecule has 0 saturated heterocycles. The highest BCUT2D eigenvalue weighted by Gasteiger charge is 1.99. The number of aliphatic carboxylic acids is 4. The number of rotatable bonds is 20. The number of carbonyl (C=O) groups is 4. The first-order valence-corrected chi connectivity index (χ1v) is 11.1. The summed E-state index contributed by atoms with van der Waals surface area (Å²) in [5, 5.41) is 33.5. The summed E-state index contributed by atoms with van der Waals surface area (Å²) in [5.74, 6) is -2.91. The third-order valence-electron chi connectivity index (χ3n) is 4.56. The van der Waals surface area contributed by atoms with Crippen LogP contribution in [0.1, 0.15) is 116 Å². The summed E-state index contributed by atoms with van der Waals surface area (Å²) in [6.07, 6.45) is 14.3. The molecule has 0 aromatic heterocycles. The zero-order valence-corrected chi connectivity index (χ0v) is 18.1. The fourth-order valence-electron chi connectivity index (χ4n) is 2.87. The third kappa shape index (κ3) is 33.5. The first-order chi connectivity index (χ1) is 14.3. The van der Waals surface area contributed by atoms with Gasteiger partial charge >= 0.3 is 23.9 Å². The van der Waals surface area contributed by atoms with Gasteiger partial charge in [0.05, 0.1) is 0 Å². The van der Waals surface area contributed by atoms with Gasteiger partial charge in [0.15, 0.2) is 0 Å². The van der Waals surface area contributed by atoms with Crippen LogP contribution in [0.3, 0.4) is 0 Å². The van der Waals surface area contributed by atoms with Gasteiger partial charge in [-0.15, -0.1) is 0 Å². The summed E-state index contributed by atoms with van der Waals surface area (Å²) in [6, 6.07) is 0. The summed E-state index contributed by atoms with van der Waals surface area (Å²) < 4.78 is 0. The van der Waals surface area contributed by atoms with E-state index in [9.17, 15) is 19.2 Å². The van der Waals surface area contributed by atoms with Crippen LogP contribution in [-0.4, -0.2) is 44.3 Å². The van der Waals surface area contributed by atoms with E-state index in [1.165, 1.54) is 0 Å². The lowest BCUT2D eigenvalue weighted by molar-refractivity contribution is -0.138. The van der Waals surface area contributed by atoms with Gasteiger partial charge in [-0.05, 0) is 25.7 Å². The van der Waals surface area contributed by atoms with E-state index >= 15 is 0 Å². The highest BCUT2D eigenvalue weighted by atomic mass is 16.4. The van der Waals surface area contributed by atoms with Crippen LogP contribution in [0.5, 0.6) is 0 Å². The summed E-state index contributed by atoms with van der Waals surface area (Å²) in [5.41, 5.74) is 0. The molecule has 0 radical (unpaired) electrons. The molecule has 4 N–H and O–H groups in total. The Balaban J connectivity index is 0. The summed E-state index contributed by atoms with van der Waals surface area (Å²) in [7, 11) is 0. The molecule has 8 nitrogen and oxygen atoms in total. The van der Waals surface area contributed by atoms with Gasteiger partial charge in [-0.25, -0.2) is 0 Å². The van der Waals surface area contributed by atoms with E-state index < -0.39 is 23.9 Å². The van der Waals surface area contributed by atoms with Crippen molar-refractivity contribution in [1.82, 2.24) is 0 Å². The molecule has 0 bridgehead atoms. The predicted molar refractivity (Wildman–Crippen MR) is 114 cm³/mol. The maximum Gasteiger partial charge on any atom is 0.303 e. The van der Waals surface area contributed by atoms with Crippen molar-refractivity contribution in [2.24, 2.45) is 0 Å². The Labute approximate surface area is 179 Å². The average Bonchev–Trinajstić information content (AvgIpc) is 2.65. The summed E-state index contributed by atoms with van der Waals surface area (Å²) in [4.78, 5) is 40.7. The fraction of sp³-hybridized carbons (Fsp3) is 0.818. The maximum absolute atomic E-state index is 10.2. The molecular weight excluding hydrogens is 392 g/mol. The van der Waals surface area contributed by atoms with Crippen LogP contribution in [-0.2, 0) is 19.2 Å². The normalized spacial score (nSPS) is 10.1. The summed E-state index contributed by atoms with van der Waals surface area (Å²) in [6.45, 7) is 0. The largest absolute Gasteiger partial charge is 0.481 e. The molecule has 0 aliphatic carbocycles. The summed E-state index contributed by atoms with van der Waals surface area (Å²) >= 11 is 0. The Bertz CT molecular complexity index is 420. The van der Waals surface area contributed by atoms with Gasteiger partial charge < -0.3 is 20.4 Å².